The van der Waals surface area contributed by atoms with Gasteiger partial charge in [0.05, 0.1) is 33.8 Å². The number of carbonyl (C=O) groups excluding carboxylic acids is 5. The Hall–Kier alpha value is -4.33. The van der Waals surface area contributed by atoms with Crippen molar-refractivity contribution in [3.05, 3.63) is 58.5 Å². The van der Waals surface area contributed by atoms with E-state index in [9.17, 15) is 29.1 Å². The van der Waals surface area contributed by atoms with E-state index in [0.717, 1.165) is 67.5 Å². The van der Waals surface area contributed by atoms with Crippen LogP contribution in [0.5, 0.6) is 0 Å². The first-order valence-electron chi connectivity index (χ1n) is 18.5. The van der Waals surface area contributed by atoms with E-state index in [1.165, 1.54) is 0 Å². The number of rotatable bonds is 19. The molecule has 4 unspecified atom stereocenters. The highest BCUT2D eigenvalue weighted by atomic mass is 32.1. The number of aliphatic hydroxyl groups excluding tert-OH is 2. The van der Waals surface area contributed by atoms with Crippen LogP contribution in [0.4, 0.5) is 0 Å². The molecule has 2 saturated heterocycles. The second-order valence-corrected chi connectivity index (χ2v) is 15.3. The summed E-state index contributed by atoms with van der Waals surface area (Å²) in [6.07, 6.45) is 7.42. The van der Waals surface area contributed by atoms with Crippen molar-refractivity contribution < 1.29 is 43.2 Å². The summed E-state index contributed by atoms with van der Waals surface area (Å²) >= 11 is 3.10. The van der Waals surface area contributed by atoms with E-state index >= 15 is 0 Å². The zero-order valence-electron chi connectivity index (χ0n) is 31.3. The Morgan fingerprint density at radius 3 is 1.72 bits per heavy atom. The molecule has 4 aromatic heterocycles. The molecular formula is C39H54BN6O9S2. The monoisotopic (exact) mass is 825 g/mol. The SMILES string of the molecule is C.NC(=O)C1CN(CCCCCCC(=O)c2cc(-c3cccs3)on2)CC1O.NC(=O)C1CNCC1O.O=CCCCCCC(=O)c1cc(-c2cccs2)on1.[B]. The lowest BCUT2D eigenvalue weighted by molar-refractivity contribution is -0.124. The number of primary amides is 2. The number of carbonyl (C=O) groups is 5. The van der Waals surface area contributed by atoms with Crippen LogP contribution in [0.15, 0.2) is 56.2 Å². The van der Waals surface area contributed by atoms with E-state index < -0.39 is 29.9 Å². The van der Waals surface area contributed by atoms with Crippen molar-refractivity contribution in [2.75, 3.05) is 32.7 Å². The predicted octanol–water partition coefficient (Wildman–Crippen LogP) is 4.36. The van der Waals surface area contributed by atoms with Crippen LogP contribution in [0.1, 0.15) is 92.6 Å². The number of unbranched alkanes of at least 4 members (excludes halogenated alkanes) is 6. The van der Waals surface area contributed by atoms with Crippen LogP contribution < -0.4 is 16.8 Å². The van der Waals surface area contributed by atoms with Gasteiger partial charge in [-0.3, -0.25) is 24.1 Å². The number of nitrogens with one attached hydrogen (secondary N) is 1. The Morgan fingerprint density at radius 1 is 0.772 bits per heavy atom. The van der Waals surface area contributed by atoms with Gasteiger partial charge in [0.1, 0.15) is 17.7 Å². The summed E-state index contributed by atoms with van der Waals surface area (Å²) in [4.78, 5) is 59.9. The van der Waals surface area contributed by atoms with Crippen LogP contribution in [-0.2, 0) is 14.4 Å². The number of likely N-dealkylation sites (tertiary alicyclic amines) is 1. The predicted molar refractivity (Wildman–Crippen MR) is 220 cm³/mol. The number of nitrogens with two attached hydrogens (primary N) is 2. The van der Waals surface area contributed by atoms with Gasteiger partial charge in [-0.05, 0) is 55.1 Å². The van der Waals surface area contributed by atoms with Gasteiger partial charge in [-0.25, -0.2) is 0 Å². The van der Waals surface area contributed by atoms with Gasteiger partial charge in [-0.2, -0.15) is 0 Å². The van der Waals surface area contributed by atoms with Gasteiger partial charge in [0.2, 0.25) is 11.8 Å². The number of ketones is 2. The van der Waals surface area contributed by atoms with Crippen molar-refractivity contribution in [1.82, 2.24) is 20.5 Å². The van der Waals surface area contributed by atoms with Gasteiger partial charge < -0.3 is 40.8 Å². The highest BCUT2D eigenvalue weighted by Crippen LogP contribution is 2.27. The molecule has 6 heterocycles. The van der Waals surface area contributed by atoms with Crippen LogP contribution >= 0.6 is 22.7 Å². The van der Waals surface area contributed by atoms with E-state index in [0.29, 0.717) is 68.3 Å². The van der Waals surface area contributed by atoms with E-state index in [4.69, 9.17) is 25.6 Å². The minimum absolute atomic E-state index is 0. The zero-order valence-corrected chi connectivity index (χ0v) is 32.9. The molecule has 7 N–H and O–H groups in total. The summed E-state index contributed by atoms with van der Waals surface area (Å²) in [6, 6.07) is 11.1. The molecule has 0 bridgehead atoms. The normalized spacial score (nSPS) is 18.6. The van der Waals surface area contributed by atoms with E-state index in [1.54, 1.807) is 34.8 Å². The first kappa shape index (κ1) is 48.8. The highest BCUT2D eigenvalue weighted by molar-refractivity contribution is 7.13. The first-order chi connectivity index (χ1) is 26.6. The number of aldehydes is 1. The molecule has 309 valence electrons. The molecule has 2 aliphatic heterocycles. The molecule has 18 heteroatoms. The molecule has 4 aromatic rings. The van der Waals surface area contributed by atoms with Crippen LogP contribution in [0.2, 0.25) is 0 Å². The fraction of sp³-hybridized carbons (Fsp3) is 0.513. The Kier molecular flexibility index (Phi) is 22.1. The summed E-state index contributed by atoms with van der Waals surface area (Å²) in [5.41, 5.74) is 11.0. The van der Waals surface area contributed by atoms with Crippen molar-refractivity contribution in [3.63, 3.8) is 0 Å². The van der Waals surface area contributed by atoms with Gasteiger partial charge in [0.15, 0.2) is 23.1 Å². The van der Waals surface area contributed by atoms with E-state index in [2.05, 4.69) is 20.5 Å². The van der Waals surface area contributed by atoms with Crippen molar-refractivity contribution in [2.45, 2.75) is 83.8 Å². The molecule has 2 fully saturated rings. The number of Topliss-reactive ketones (excluding diaryl/α,β-unsaturated/α-hetero) is 2. The average Bonchev–Trinajstić information content (AvgIpc) is 4.02. The standard InChI is InChI=1S/C19H25N3O4S.C14H15NO3S.C5H10N2O2.CH4.B/c20-19(25)13-11-22(12-16(13)24)8-4-2-1-3-6-15(23)14-10-17(26-21-14)18-7-5-9-27-18;16-8-4-2-1-3-6-12(17)11-10-13(18-15-11)14-7-5-9-19-14;6-5(9)3-1-7-2-4(3)8;;/h5,7,9-10,13,16,24H,1-4,6,8,11-12H2,(H2,20,25);5,7-10H,1-4,6H2;3-4,7-8H,1-2H2,(H2,6,9);1H4;. The maximum Gasteiger partial charge on any atom is 0.224 e. The number of hydrogen-bond acceptors (Lipinski definition) is 15. The average molecular weight is 826 g/mol. The third-order valence-electron chi connectivity index (χ3n) is 9.25. The number of nitrogens with zero attached hydrogens (tertiary/aromatic N) is 3. The molecule has 6 rings (SSSR count). The number of amides is 2. The maximum absolute atomic E-state index is 12.2. The van der Waals surface area contributed by atoms with Crippen LogP contribution in [0.25, 0.3) is 21.3 Å². The lowest BCUT2D eigenvalue weighted by Gasteiger charge is -2.14. The number of hydrogen-bond donors (Lipinski definition) is 5. The van der Waals surface area contributed by atoms with Gasteiger partial charge in [0.25, 0.3) is 0 Å². The highest BCUT2D eigenvalue weighted by Gasteiger charge is 2.34. The Bertz CT molecular complexity index is 1780. The van der Waals surface area contributed by atoms with Crippen LogP contribution in [-0.4, -0.2) is 108 Å². The van der Waals surface area contributed by atoms with E-state index in [1.807, 2.05) is 35.0 Å². The Balaban J connectivity index is 0.000000325. The number of β-amino-alcohol motifs (C(OH)–C–C–N with tert-alkyl or cyclic N) is 2. The quantitative estimate of drug-likeness (QED) is 0.0383. The summed E-state index contributed by atoms with van der Waals surface area (Å²) in [5.74, 6) is -0.416. The topological polar surface area (TPSA) is 245 Å². The van der Waals surface area contributed by atoms with Gasteiger partial charge >= 0.3 is 0 Å². The third-order valence-corrected chi connectivity index (χ3v) is 11.0. The first-order valence-corrected chi connectivity index (χ1v) is 20.2. The van der Waals surface area contributed by atoms with Crippen molar-refractivity contribution in [3.8, 4) is 21.3 Å². The molecule has 2 amide bonds. The molecule has 0 saturated carbocycles. The van der Waals surface area contributed by atoms with Gasteiger partial charge in [-0.1, -0.05) is 49.1 Å². The molecule has 0 aliphatic carbocycles. The molecule has 2 aliphatic rings. The number of aromatic nitrogens is 2. The second-order valence-electron chi connectivity index (χ2n) is 13.5. The zero-order chi connectivity index (χ0) is 39.6. The summed E-state index contributed by atoms with van der Waals surface area (Å²) in [6.45, 7) is 2.87. The molecule has 3 radical (unpaired) electrons. The molecule has 0 spiro atoms. The van der Waals surface area contributed by atoms with Crippen molar-refractivity contribution in [2.24, 2.45) is 23.3 Å². The van der Waals surface area contributed by atoms with Gasteiger partial charge in [-0.15, -0.1) is 22.7 Å². The number of aliphatic hydroxyl groups is 2. The fourth-order valence-electron chi connectivity index (χ4n) is 6.09. The smallest absolute Gasteiger partial charge is 0.224 e. The minimum atomic E-state index is -0.651. The lowest BCUT2D eigenvalue weighted by Crippen LogP contribution is -2.32. The van der Waals surface area contributed by atoms with Gasteiger partial charge in [0, 0.05) is 66.0 Å². The molecule has 57 heavy (non-hydrogen) atoms. The molecule has 0 aromatic carbocycles. The number of thiophene rings is 2. The van der Waals surface area contributed by atoms with Crippen LogP contribution in [0.3, 0.4) is 0 Å². The second kappa shape index (κ2) is 25.8. The van der Waals surface area contributed by atoms with Crippen LogP contribution in [0, 0.1) is 11.8 Å². The largest absolute Gasteiger partial charge is 0.391 e. The van der Waals surface area contributed by atoms with Crippen molar-refractivity contribution in [1.29, 1.82) is 0 Å². The van der Waals surface area contributed by atoms with E-state index in [-0.39, 0.29) is 33.3 Å². The fourth-order valence-corrected chi connectivity index (χ4v) is 7.43. The lowest BCUT2D eigenvalue weighted by atomic mass is 10.1. The maximum atomic E-state index is 12.2. The molecular weight excluding hydrogens is 771 g/mol. The third kappa shape index (κ3) is 15.9. The molecule has 15 nitrogen and oxygen atoms in total. The minimum Gasteiger partial charge on any atom is -0.391 e. The summed E-state index contributed by atoms with van der Waals surface area (Å²) in [5, 5.41) is 33.3. The van der Waals surface area contributed by atoms with Crippen molar-refractivity contribution >= 4 is 60.8 Å². The Morgan fingerprint density at radius 2 is 1.30 bits per heavy atom. The Labute approximate surface area is 343 Å². The summed E-state index contributed by atoms with van der Waals surface area (Å²) in [7, 11) is 0. The summed E-state index contributed by atoms with van der Waals surface area (Å²) < 4.78 is 10.4. The molecule has 4 atom stereocenters.